The topological polar surface area (TPSA) is 163 Å². The number of halogens is 7. The zero-order valence-corrected chi connectivity index (χ0v) is 37.2. The van der Waals surface area contributed by atoms with E-state index in [1.807, 2.05) is 4.57 Å². The first-order valence-corrected chi connectivity index (χ1v) is 20.7. The Morgan fingerprint density at radius 1 is 0.683 bits per heavy atom. The van der Waals surface area contributed by atoms with Crippen molar-refractivity contribution in [1.82, 2.24) is 30.4 Å². The zero-order valence-electron chi connectivity index (χ0n) is 35.1. The zero-order chi connectivity index (χ0) is 46.5. The van der Waals surface area contributed by atoms with Crippen LogP contribution in [0.15, 0.2) is 66.9 Å². The molecule has 0 spiro atoms. The molecule has 6 rings (SSSR count). The van der Waals surface area contributed by atoms with E-state index in [0.717, 1.165) is 0 Å². The Bertz CT molecular complexity index is 2300. The molecule has 0 radical (unpaired) electrons. The van der Waals surface area contributed by atoms with Crippen LogP contribution in [0.1, 0.15) is 87.4 Å². The Morgan fingerprint density at radius 2 is 1.16 bits per heavy atom. The van der Waals surface area contributed by atoms with Gasteiger partial charge in [-0.25, -0.2) is 9.59 Å². The average Bonchev–Trinajstić information content (AvgIpc) is 3.75. The van der Waals surface area contributed by atoms with Crippen molar-refractivity contribution in [3.63, 3.8) is 0 Å². The summed E-state index contributed by atoms with van der Waals surface area (Å²) in [4.78, 5) is 48.4. The SMILES string of the molecule is CC(C)(C)OC(=O)NCC[C@H]1CNC(=O)c2cc(-c3cccc(OC(F)(F)F)c3)c(I)n21.CC(C)(C)OC(=O)NCC[C@H]1CNC(=O)c2cc(-c3cccc(OC(F)(F)F)c3)cn21. The molecule has 0 unspecified atom stereocenters. The first kappa shape index (κ1) is 48.4. The number of amides is 4. The number of carbonyl (C=O) groups excluding carboxylic acids is 4. The number of hydrogen-bond acceptors (Lipinski definition) is 8. The van der Waals surface area contributed by atoms with E-state index in [4.69, 9.17) is 9.47 Å². The number of alkyl halides is 6. The van der Waals surface area contributed by atoms with Crippen LogP contribution in [0.3, 0.4) is 0 Å². The molecule has 21 heteroatoms. The van der Waals surface area contributed by atoms with Crippen LogP contribution in [-0.4, -0.2) is 83.2 Å². The molecule has 4 amide bonds. The van der Waals surface area contributed by atoms with Gasteiger partial charge < -0.3 is 49.3 Å². The summed E-state index contributed by atoms with van der Waals surface area (Å²) < 4.78 is 98.1. The molecule has 0 fully saturated rings. The van der Waals surface area contributed by atoms with Crippen molar-refractivity contribution in [3.8, 4) is 33.8 Å². The van der Waals surface area contributed by atoms with Crippen LogP contribution in [0.25, 0.3) is 22.3 Å². The number of alkyl carbamates (subject to hydrolysis) is 2. The lowest BCUT2D eigenvalue weighted by Crippen LogP contribution is -2.41. The van der Waals surface area contributed by atoms with Crippen molar-refractivity contribution in [2.45, 2.75) is 90.4 Å². The third-order valence-corrected chi connectivity index (χ3v) is 10.2. The van der Waals surface area contributed by atoms with Gasteiger partial charge in [0, 0.05) is 43.5 Å². The number of carbonyl (C=O) groups is 4. The number of hydrogen-bond donors (Lipinski definition) is 4. The highest BCUT2D eigenvalue weighted by molar-refractivity contribution is 14.1. The van der Waals surface area contributed by atoms with Gasteiger partial charge in [0.1, 0.15) is 34.1 Å². The minimum absolute atomic E-state index is 0.133. The molecule has 14 nitrogen and oxygen atoms in total. The number of ether oxygens (including phenoxy) is 4. The smallest absolute Gasteiger partial charge is 0.444 e. The van der Waals surface area contributed by atoms with Crippen molar-refractivity contribution in [1.29, 1.82) is 0 Å². The highest BCUT2D eigenvalue weighted by Crippen LogP contribution is 2.36. The van der Waals surface area contributed by atoms with Crippen molar-refractivity contribution in [2.75, 3.05) is 26.2 Å². The molecule has 0 saturated heterocycles. The largest absolute Gasteiger partial charge is 0.573 e. The Morgan fingerprint density at radius 3 is 1.68 bits per heavy atom. The van der Waals surface area contributed by atoms with Crippen LogP contribution in [0.2, 0.25) is 0 Å². The molecule has 2 aromatic carbocycles. The van der Waals surface area contributed by atoms with Crippen LogP contribution in [0.5, 0.6) is 11.5 Å². The second-order valence-corrected chi connectivity index (χ2v) is 17.5. The Kier molecular flexibility index (Phi) is 14.9. The van der Waals surface area contributed by atoms with E-state index in [2.05, 4.69) is 53.3 Å². The second-order valence-electron chi connectivity index (χ2n) is 16.4. The molecule has 2 aliphatic heterocycles. The van der Waals surface area contributed by atoms with Crippen LogP contribution >= 0.6 is 22.6 Å². The van der Waals surface area contributed by atoms with Gasteiger partial charge in [0.2, 0.25) is 0 Å². The van der Waals surface area contributed by atoms with Gasteiger partial charge in [-0.1, -0.05) is 24.3 Å². The third kappa shape index (κ3) is 14.2. The van der Waals surface area contributed by atoms with E-state index in [1.165, 1.54) is 36.4 Å². The van der Waals surface area contributed by atoms with E-state index in [9.17, 15) is 45.5 Å². The van der Waals surface area contributed by atoms with Gasteiger partial charge in [-0.3, -0.25) is 9.59 Å². The first-order chi connectivity index (χ1) is 29.2. The predicted molar refractivity (Wildman–Crippen MR) is 226 cm³/mol. The van der Waals surface area contributed by atoms with Crippen molar-refractivity contribution in [2.24, 2.45) is 0 Å². The normalized spacial score (nSPS) is 16.3. The van der Waals surface area contributed by atoms with Crippen LogP contribution in [0, 0.1) is 3.70 Å². The molecule has 2 aromatic heterocycles. The van der Waals surface area contributed by atoms with Gasteiger partial charge in [-0.2, -0.15) is 0 Å². The fraction of sp³-hybridized carbons (Fsp3) is 0.429. The molecule has 0 bridgehead atoms. The lowest BCUT2D eigenvalue weighted by atomic mass is 10.1. The molecule has 2 aliphatic rings. The first-order valence-electron chi connectivity index (χ1n) is 19.6. The van der Waals surface area contributed by atoms with Gasteiger partial charge in [0.15, 0.2) is 0 Å². The molecule has 4 aromatic rings. The maximum absolute atomic E-state index is 12.6. The summed E-state index contributed by atoms with van der Waals surface area (Å²) in [5, 5.41) is 11.0. The molecule has 4 N–H and O–H groups in total. The van der Waals surface area contributed by atoms with Gasteiger partial charge >= 0.3 is 24.9 Å². The van der Waals surface area contributed by atoms with E-state index >= 15 is 0 Å². The summed E-state index contributed by atoms with van der Waals surface area (Å²) >= 11 is 2.08. The summed E-state index contributed by atoms with van der Waals surface area (Å²) in [7, 11) is 0. The predicted octanol–water partition coefficient (Wildman–Crippen LogP) is 9.11. The van der Waals surface area contributed by atoms with E-state index < -0.39 is 36.1 Å². The van der Waals surface area contributed by atoms with E-state index in [1.54, 1.807) is 76.6 Å². The quantitative estimate of drug-likeness (QED) is 0.0904. The summed E-state index contributed by atoms with van der Waals surface area (Å²) in [6, 6.07) is 14.2. The van der Waals surface area contributed by atoms with Crippen molar-refractivity contribution >= 4 is 46.6 Å². The number of nitrogens with one attached hydrogen (secondary N) is 4. The highest BCUT2D eigenvalue weighted by atomic mass is 127. The molecular weight excluding hydrogens is 957 g/mol. The summed E-state index contributed by atoms with van der Waals surface area (Å²) in [5.41, 5.74) is 1.78. The molecule has 0 aliphatic carbocycles. The highest BCUT2D eigenvalue weighted by Gasteiger charge is 2.34. The fourth-order valence-corrected chi connectivity index (χ4v) is 7.79. The van der Waals surface area contributed by atoms with E-state index in [0.29, 0.717) is 76.4 Å². The van der Waals surface area contributed by atoms with E-state index in [-0.39, 0.29) is 35.4 Å². The Hall–Kier alpha value is -5.61. The maximum atomic E-state index is 12.6. The van der Waals surface area contributed by atoms with Crippen molar-refractivity contribution in [3.05, 3.63) is 81.9 Å². The second kappa shape index (κ2) is 19.4. The summed E-state index contributed by atoms with van der Waals surface area (Å²) in [6.07, 6.45) is -7.86. The number of nitrogens with zero attached hydrogens (tertiary/aromatic N) is 2. The van der Waals surface area contributed by atoms with Crippen LogP contribution in [0.4, 0.5) is 35.9 Å². The van der Waals surface area contributed by atoms with Crippen molar-refractivity contribution < 1.29 is 64.5 Å². The standard InChI is InChI=1S/C21H23F3IN3O4.C21H24F3N3O4/c1-20(2,3)32-19(30)26-8-7-13-11-27-18(29)16-10-15(17(25)28(13)16)12-5-4-6-14(9-12)31-21(22,23)24;1-20(2,3)31-19(29)25-8-7-15-11-26-18(28)17-10-14(12-27(15)17)13-5-4-6-16(9-13)30-21(22,23)24/h4-6,9-10,13H,7-8,11H2,1-3H3,(H,26,30)(H,27,29);4-6,9-10,12,15H,7-8,11H2,1-3H3,(H,25,29)(H,26,28)/t13-;15-/m00/s1. The number of rotatable bonds is 10. The summed E-state index contributed by atoms with van der Waals surface area (Å²) in [6.45, 7) is 12.0. The average molecular weight is 1000 g/mol. The lowest BCUT2D eigenvalue weighted by molar-refractivity contribution is -0.275. The molecule has 4 heterocycles. The molecule has 342 valence electrons. The lowest BCUT2D eigenvalue weighted by Gasteiger charge is -2.28. The molecule has 2 atom stereocenters. The number of aromatic nitrogens is 2. The summed E-state index contributed by atoms with van der Waals surface area (Å²) in [5.74, 6) is -1.22. The van der Waals surface area contributed by atoms with Gasteiger partial charge in [0.05, 0.1) is 15.8 Å². The van der Waals surface area contributed by atoms with Gasteiger partial charge in [0.25, 0.3) is 11.8 Å². The molecule has 0 saturated carbocycles. The minimum atomic E-state index is -4.79. The van der Waals surface area contributed by atoms with Gasteiger partial charge in [-0.05, 0) is 125 Å². The van der Waals surface area contributed by atoms with Crippen LogP contribution in [-0.2, 0) is 9.47 Å². The molecule has 63 heavy (non-hydrogen) atoms. The maximum Gasteiger partial charge on any atom is 0.573 e. The number of benzene rings is 2. The molecular formula is C42H47F6IN6O8. The monoisotopic (exact) mass is 1000 g/mol. The van der Waals surface area contributed by atoms with Crippen LogP contribution < -0.4 is 30.7 Å². The Labute approximate surface area is 372 Å². The van der Waals surface area contributed by atoms with Gasteiger partial charge in [-0.15, -0.1) is 26.3 Å². The fourth-order valence-electron chi connectivity index (χ4n) is 6.66. The number of fused-ring (bicyclic) bond motifs is 2. The minimum Gasteiger partial charge on any atom is -0.444 e. The third-order valence-electron chi connectivity index (χ3n) is 9.11. The Balaban J connectivity index is 0.000000238.